The molecule has 0 aliphatic heterocycles. The molecule has 1 unspecified atom stereocenters. The van der Waals surface area contributed by atoms with Crippen molar-refractivity contribution in [3.05, 3.63) is 0 Å². The Morgan fingerprint density at radius 3 is 2.64 bits per heavy atom. The Morgan fingerprint density at radius 2 is 2.27 bits per heavy atom. The Balaban J connectivity index is 3.52. The minimum absolute atomic E-state index is 0.127. The fourth-order valence-corrected chi connectivity index (χ4v) is 0.644. The SMILES string of the molecule is COC(=O)N(C)CCC(C)N. The molecule has 0 fully saturated rings. The van der Waals surface area contributed by atoms with Crippen LogP contribution < -0.4 is 5.73 Å². The molecule has 0 saturated carbocycles. The zero-order chi connectivity index (χ0) is 8.85. The van der Waals surface area contributed by atoms with Crippen LogP contribution in [-0.4, -0.2) is 37.7 Å². The van der Waals surface area contributed by atoms with E-state index < -0.39 is 0 Å². The molecule has 11 heavy (non-hydrogen) atoms. The van der Waals surface area contributed by atoms with Crippen LogP contribution in [0.2, 0.25) is 0 Å². The molecule has 0 spiro atoms. The maximum Gasteiger partial charge on any atom is 0.409 e. The molecule has 4 heteroatoms. The first kappa shape index (κ1) is 10.2. The largest absolute Gasteiger partial charge is 0.453 e. The van der Waals surface area contributed by atoms with Crippen LogP contribution in [0.15, 0.2) is 0 Å². The van der Waals surface area contributed by atoms with Gasteiger partial charge in [-0.15, -0.1) is 0 Å². The van der Waals surface area contributed by atoms with Gasteiger partial charge in [0, 0.05) is 19.6 Å². The van der Waals surface area contributed by atoms with E-state index in [9.17, 15) is 4.79 Å². The van der Waals surface area contributed by atoms with Crippen molar-refractivity contribution in [1.82, 2.24) is 4.90 Å². The van der Waals surface area contributed by atoms with Crippen LogP contribution >= 0.6 is 0 Å². The zero-order valence-electron chi connectivity index (χ0n) is 7.33. The van der Waals surface area contributed by atoms with Crippen molar-refractivity contribution in [1.29, 1.82) is 0 Å². The Hall–Kier alpha value is -0.770. The Kier molecular flexibility index (Phi) is 4.61. The van der Waals surface area contributed by atoms with Crippen LogP contribution in [0.25, 0.3) is 0 Å². The van der Waals surface area contributed by atoms with E-state index in [0.717, 1.165) is 6.42 Å². The molecule has 66 valence electrons. The molecule has 0 radical (unpaired) electrons. The van der Waals surface area contributed by atoms with E-state index in [1.54, 1.807) is 7.05 Å². The van der Waals surface area contributed by atoms with Gasteiger partial charge in [-0.2, -0.15) is 0 Å². The van der Waals surface area contributed by atoms with Gasteiger partial charge in [0.1, 0.15) is 0 Å². The summed E-state index contributed by atoms with van der Waals surface area (Å²) in [5.74, 6) is 0. The highest BCUT2D eigenvalue weighted by atomic mass is 16.5. The van der Waals surface area contributed by atoms with Crippen molar-refractivity contribution in [2.75, 3.05) is 20.7 Å². The first-order chi connectivity index (χ1) is 5.07. The average Bonchev–Trinajstić information content (AvgIpc) is 1.98. The average molecular weight is 160 g/mol. The number of ether oxygens (including phenoxy) is 1. The number of nitrogens with zero attached hydrogens (tertiary/aromatic N) is 1. The van der Waals surface area contributed by atoms with E-state index in [4.69, 9.17) is 5.73 Å². The van der Waals surface area contributed by atoms with Crippen molar-refractivity contribution in [2.45, 2.75) is 19.4 Å². The summed E-state index contributed by atoms with van der Waals surface area (Å²) in [6, 6.07) is 0.127. The van der Waals surface area contributed by atoms with Gasteiger partial charge in [-0.1, -0.05) is 0 Å². The summed E-state index contributed by atoms with van der Waals surface area (Å²) >= 11 is 0. The molecule has 4 nitrogen and oxygen atoms in total. The number of hydrogen-bond acceptors (Lipinski definition) is 3. The van der Waals surface area contributed by atoms with Gasteiger partial charge >= 0.3 is 6.09 Å². The molecular formula is C7H16N2O2. The molecule has 0 rings (SSSR count). The van der Waals surface area contributed by atoms with Gasteiger partial charge in [0.25, 0.3) is 0 Å². The van der Waals surface area contributed by atoms with Gasteiger partial charge in [0.05, 0.1) is 7.11 Å². The van der Waals surface area contributed by atoms with E-state index in [2.05, 4.69) is 4.74 Å². The third-order valence-corrected chi connectivity index (χ3v) is 1.41. The first-order valence-electron chi connectivity index (χ1n) is 3.62. The van der Waals surface area contributed by atoms with Crippen molar-refractivity contribution in [3.8, 4) is 0 Å². The highest BCUT2D eigenvalue weighted by Crippen LogP contribution is 1.93. The van der Waals surface area contributed by atoms with Gasteiger partial charge in [0.2, 0.25) is 0 Å². The van der Waals surface area contributed by atoms with Crippen LogP contribution in [0.3, 0.4) is 0 Å². The molecule has 1 atom stereocenters. The van der Waals surface area contributed by atoms with Crippen LogP contribution in [0, 0.1) is 0 Å². The standard InChI is InChI=1S/C7H16N2O2/c1-6(8)4-5-9(2)7(10)11-3/h6H,4-5,8H2,1-3H3. The van der Waals surface area contributed by atoms with Crippen LogP contribution in [-0.2, 0) is 4.74 Å². The van der Waals surface area contributed by atoms with Crippen LogP contribution in [0.1, 0.15) is 13.3 Å². The minimum atomic E-state index is -0.314. The summed E-state index contributed by atoms with van der Waals surface area (Å²) in [6.07, 6.45) is 0.483. The van der Waals surface area contributed by atoms with Gasteiger partial charge in [-0.3, -0.25) is 0 Å². The molecule has 0 saturated heterocycles. The lowest BCUT2D eigenvalue weighted by atomic mass is 10.2. The third-order valence-electron chi connectivity index (χ3n) is 1.41. The zero-order valence-corrected chi connectivity index (χ0v) is 7.33. The highest BCUT2D eigenvalue weighted by molar-refractivity contribution is 5.66. The minimum Gasteiger partial charge on any atom is -0.453 e. The molecule has 2 N–H and O–H groups in total. The number of methoxy groups -OCH3 is 1. The predicted octanol–water partition coefficient (Wildman–Crippen LogP) is 0.422. The monoisotopic (exact) mass is 160 g/mol. The smallest absolute Gasteiger partial charge is 0.409 e. The molecule has 0 aliphatic carbocycles. The molecular weight excluding hydrogens is 144 g/mol. The number of amides is 1. The van der Waals surface area contributed by atoms with E-state index in [1.807, 2.05) is 6.92 Å². The number of rotatable bonds is 3. The second kappa shape index (κ2) is 4.96. The maximum absolute atomic E-state index is 10.8. The molecule has 1 amide bonds. The van der Waals surface area contributed by atoms with E-state index in [-0.39, 0.29) is 12.1 Å². The summed E-state index contributed by atoms with van der Waals surface area (Å²) in [4.78, 5) is 12.3. The molecule has 0 aromatic rings. The molecule has 0 heterocycles. The molecule has 0 aromatic heterocycles. The second-order valence-corrected chi connectivity index (χ2v) is 2.66. The van der Waals surface area contributed by atoms with Crippen molar-refractivity contribution in [2.24, 2.45) is 5.73 Å². The normalized spacial score (nSPS) is 12.4. The van der Waals surface area contributed by atoms with E-state index in [1.165, 1.54) is 12.0 Å². The van der Waals surface area contributed by atoms with Crippen LogP contribution in [0.5, 0.6) is 0 Å². The number of carbonyl (C=O) groups excluding carboxylic acids is 1. The quantitative estimate of drug-likeness (QED) is 0.651. The Morgan fingerprint density at radius 1 is 1.73 bits per heavy atom. The maximum atomic E-state index is 10.8. The number of carbonyl (C=O) groups is 1. The van der Waals surface area contributed by atoms with Gasteiger partial charge < -0.3 is 15.4 Å². The molecule has 0 bridgehead atoms. The van der Waals surface area contributed by atoms with Gasteiger partial charge in [0.15, 0.2) is 0 Å². The molecule has 0 aliphatic rings. The third kappa shape index (κ3) is 4.61. The summed E-state index contributed by atoms with van der Waals surface area (Å²) < 4.78 is 4.49. The van der Waals surface area contributed by atoms with Crippen molar-refractivity contribution < 1.29 is 9.53 Å². The Bertz CT molecular complexity index is 126. The van der Waals surface area contributed by atoms with Gasteiger partial charge in [-0.25, -0.2) is 4.79 Å². The van der Waals surface area contributed by atoms with Crippen molar-refractivity contribution >= 4 is 6.09 Å². The lowest BCUT2D eigenvalue weighted by Crippen LogP contribution is -2.31. The van der Waals surface area contributed by atoms with E-state index >= 15 is 0 Å². The summed E-state index contributed by atoms with van der Waals surface area (Å²) in [7, 11) is 3.05. The first-order valence-corrected chi connectivity index (χ1v) is 3.62. The summed E-state index contributed by atoms with van der Waals surface area (Å²) in [6.45, 7) is 2.55. The highest BCUT2D eigenvalue weighted by Gasteiger charge is 2.07. The predicted molar refractivity (Wildman–Crippen MR) is 43.3 cm³/mol. The van der Waals surface area contributed by atoms with Crippen molar-refractivity contribution in [3.63, 3.8) is 0 Å². The lowest BCUT2D eigenvalue weighted by Gasteiger charge is -2.16. The number of hydrogen-bond donors (Lipinski definition) is 1. The molecule has 0 aromatic carbocycles. The Labute approximate surface area is 67.3 Å². The second-order valence-electron chi connectivity index (χ2n) is 2.66. The van der Waals surface area contributed by atoms with Gasteiger partial charge in [-0.05, 0) is 13.3 Å². The fraction of sp³-hybridized carbons (Fsp3) is 0.857. The summed E-state index contributed by atoms with van der Waals surface area (Å²) in [5, 5.41) is 0. The number of nitrogens with two attached hydrogens (primary N) is 1. The lowest BCUT2D eigenvalue weighted by molar-refractivity contribution is 0.132. The topological polar surface area (TPSA) is 55.6 Å². The fourth-order valence-electron chi connectivity index (χ4n) is 0.644. The van der Waals surface area contributed by atoms with E-state index in [0.29, 0.717) is 6.54 Å². The van der Waals surface area contributed by atoms with Crippen LogP contribution in [0.4, 0.5) is 4.79 Å². The summed E-state index contributed by atoms with van der Waals surface area (Å²) in [5.41, 5.74) is 5.50.